The van der Waals surface area contributed by atoms with Gasteiger partial charge in [0.25, 0.3) is 0 Å². The molecule has 1 atom stereocenters. The van der Waals surface area contributed by atoms with Crippen molar-refractivity contribution >= 4 is 5.97 Å². The molecule has 1 N–H and O–H groups in total. The van der Waals surface area contributed by atoms with Crippen LogP contribution < -0.4 is 0 Å². The summed E-state index contributed by atoms with van der Waals surface area (Å²) in [5.41, 5.74) is 0. The number of unbranched alkanes of at least 4 members (excludes halogenated alkanes) is 2. The van der Waals surface area contributed by atoms with Gasteiger partial charge in [0.1, 0.15) is 6.04 Å². The molecule has 6 heteroatoms. The first kappa shape index (κ1) is 17.2. The molecule has 0 aliphatic rings. The average Bonchev–Trinajstić information content (AvgIpc) is 2.25. The predicted octanol–water partition coefficient (Wildman–Crippen LogP) is 3.29. The largest absolute Gasteiger partial charge is 0.481 e. The van der Waals surface area contributed by atoms with Crippen molar-refractivity contribution in [2.24, 2.45) is 0 Å². The van der Waals surface area contributed by atoms with Crippen molar-refractivity contribution in [2.75, 3.05) is 13.1 Å². The van der Waals surface area contributed by atoms with Gasteiger partial charge < -0.3 is 5.11 Å². The van der Waals surface area contributed by atoms with E-state index >= 15 is 0 Å². The van der Waals surface area contributed by atoms with Crippen molar-refractivity contribution < 1.29 is 23.1 Å². The van der Waals surface area contributed by atoms with Gasteiger partial charge in [-0.15, -0.1) is 0 Å². The molecule has 0 rings (SSSR count). The zero-order chi connectivity index (χ0) is 14.2. The lowest BCUT2D eigenvalue weighted by Crippen LogP contribution is -2.47. The van der Waals surface area contributed by atoms with E-state index in [0.29, 0.717) is 25.9 Å². The first-order valence-electron chi connectivity index (χ1n) is 6.35. The normalized spacial score (nSPS) is 13.9. The quantitative estimate of drug-likeness (QED) is 0.698. The summed E-state index contributed by atoms with van der Waals surface area (Å²) in [7, 11) is 0. The van der Waals surface area contributed by atoms with E-state index in [4.69, 9.17) is 5.11 Å². The Balaban J connectivity index is 4.75. The number of rotatable bonds is 9. The minimum Gasteiger partial charge on any atom is -0.481 e. The number of alkyl halides is 3. The van der Waals surface area contributed by atoms with Gasteiger partial charge in [-0.05, 0) is 25.9 Å². The summed E-state index contributed by atoms with van der Waals surface area (Å²) in [5, 5.41) is 8.62. The number of carboxylic acids is 1. The Kier molecular flexibility index (Phi) is 7.98. The third kappa shape index (κ3) is 6.83. The monoisotopic (exact) mass is 269 g/mol. The SMILES string of the molecule is CCCCN(CCCC)C(CC(=O)O)C(F)(F)F. The molecular formula is C12H22F3NO2. The van der Waals surface area contributed by atoms with Crippen molar-refractivity contribution in [3.05, 3.63) is 0 Å². The highest BCUT2D eigenvalue weighted by Crippen LogP contribution is 2.28. The summed E-state index contributed by atoms with van der Waals surface area (Å²) in [4.78, 5) is 11.8. The van der Waals surface area contributed by atoms with E-state index in [1.165, 1.54) is 4.90 Å². The molecule has 0 saturated heterocycles. The molecule has 0 aliphatic heterocycles. The van der Waals surface area contributed by atoms with Crippen LogP contribution in [-0.2, 0) is 4.79 Å². The van der Waals surface area contributed by atoms with Gasteiger partial charge in [-0.2, -0.15) is 13.2 Å². The van der Waals surface area contributed by atoms with Gasteiger partial charge in [-0.1, -0.05) is 26.7 Å². The van der Waals surface area contributed by atoms with Crippen molar-refractivity contribution in [1.29, 1.82) is 0 Å². The molecule has 0 aromatic carbocycles. The Morgan fingerprint density at radius 3 is 1.89 bits per heavy atom. The zero-order valence-electron chi connectivity index (χ0n) is 11.0. The van der Waals surface area contributed by atoms with E-state index in [1.807, 2.05) is 13.8 Å². The maximum atomic E-state index is 12.9. The second-order valence-electron chi connectivity index (χ2n) is 4.40. The Labute approximate surface area is 106 Å². The minimum absolute atomic E-state index is 0.300. The second-order valence-corrected chi connectivity index (χ2v) is 4.40. The summed E-state index contributed by atoms with van der Waals surface area (Å²) in [6, 6.07) is -1.87. The standard InChI is InChI=1S/C12H22F3NO2/c1-3-5-7-16(8-6-4-2)10(9-11(17)18)12(13,14)15/h10H,3-9H2,1-2H3,(H,17,18). The fourth-order valence-corrected chi connectivity index (χ4v) is 1.76. The summed E-state index contributed by atoms with van der Waals surface area (Å²) in [5.74, 6) is -1.41. The maximum absolute atomic E-state index is 12.9. The maximum Gasteiger partial charge on any atom is 0.404 e. The van der Waals surface area contributed by atoms with Crippen molar-refractivity contribution in [2.45, 2.75) is 58.2 Å². The van der Waals surface area contributed by atoms with Gasteiger partial charge in [0.15, 0.2) is 0 Å². The summed E-state index contributed by atoms with van der Waals surface area (Å²) < 4.78 is 38.6. The van der Waals surface area contributed by atoms with Crippen molar-refractivity contribution in [3.8, 4) is 0 Å². The summed E-state index contributed by atoms with van der Waals surface area (Å²) in [6.07, 6.45) is -2.48. The molecule has 0 heterocycles. The van der Waals surface area contributed by atoms with E-state index in [2.05, 4.69) is 0 Å². The molecule has 0 bridgehead atoms. The average molecular weight is 269 g/mol. The van der Waals surface area contributed by atoms with Gasteiger partial charge in [-0.3, -0.25) is 9.69 Å². The Hall–Kier alpha value is -0.780. The van der Waals surface area contributed by atoms with Crippen LogP contribution in [0, 0.1) is 0 Å². The molecule has 0 saturated carbocycles. The molecule has 108 valence electrons. The third-order valence-electron chi connectivity index (χ3n) is 2.78. The van der Waals surface area contributed by atoms with E-state index < -0.39 is 24.6 Å². The second kappa shape index (κ2) is 8.34. The third-order valence-corrected chi connectivity index (χ3v) is 2.78. The molecular weight excluding hydrogens is 247 g/mol. The van der Waals surface area contributed by atoms with Crippen LogP contribution >= 0.6 is 0 Å². The first-order valence-corrected chi connectivity index (χ1v) is 6.35. The fourth-order valence-electron chi connectivity index (χ4n) is 1.76. The molecule has 0 aromatic rings. The summed E-state index contributed by atoms with van der Waals surface area (Å²) in [6.45, 7) is 4.40. The minimum atomic E-state index is -4.49. The fraction of sp³-hybridized carbons (Fsp3) is 0.917. The van der Waals surface area contributed by atoms with Crippen molar-refractivity contribution in [3.63, 3.8) is 0 Å². The molecule has 0 aliphatic carbocycles. The first-order chi connectivity index (χ1) is 8.32. The molecule has 1 unspecified atom stereocenters. The lowest BCUT2D eigenvalue weighted by Gasteiger charge is -2.32. The van der Waals surface area contributed by atoms with Crippen LogP contribution in [-0.4, -0.2) is 41.3 Å². The Morgan fingerprint density at radius 1 is 1.17 bits per heavy atom. The highest BCUT2D eigenvalue weighted by molar-refractivity contribution is 5.67. The van der Waals surface area contributed by atoms with E-state index in [-0.39, 0.29) is 0 Å². The molecule has 0 aromatic heterocycles. The van der Waals surface area contributed by atoms with Gasteiger partial charge in [0.05, 0.1) is 6.42 Å². The van der Waals surface area contributed by atoms with E-state index in [0.717, 1.165) is 12.8 Å². The number of halogens is 3. The van der Waals surface area contributed by atoms with Gasteiger partial charge >= 0.3 is 12.1 Å². The molecule has 18 heavy (non-hydrogen) atoms. The number of hydrogen-bond donors (Lipinski definition) is 1. The highest BCUT2D eigenvalue weighted by Gasteiger charge is 2.44. The number of carbonyl (C=O) groups is 1. The van der Waals surface area contributed by atoms with E-state index in [1.54, 1.807) is 0 Å². The number of nitrogens with zero attached hydrogens (tertiary/aromatic N) is 1. The highest BCUT2D eigenvalue weighted by atomic mass is 19.4. The predicted molar refractivity (Wildman–Crippen MR) is 63.5 cm³/mol. The zero-order valence-corrected chi connectivity index (χ0v) is 11.0. The van der Waals surface area contributed by atoms with Crippen LogP contribution in [0.25, 0.3) is 0 Å². The van der Waals surface area contributed by atoms with Crippen LogP contribution in [0.2, 0.25) is 0 Å². The van der Waals surface area contributed by atoms with Crippen LogP contribution in [0.4, 0.5) is 13.2 Å². The molecule has 0 fully saturated rings. The number of aliphatic carboxylic acids is 1. The molecule has 3 nitrogen and oxygen atoms in total. The van der Waals surface area contributed by atoms with Crippen molar-refractivity contribution in [1.82, 2.24) is 4.90 Å². The molecule has 0 spiro atoms. The molecule has 0 amide bonds. The van der Waals surface area contributed by atoms with Gasteiger partial charge in [0, 0.05) is 0 Å². The topological polar surface area (TPSA) is 40.5 Å². The van der Waals surface area contributed by atoms with Crippen LogP contribution in [0.5, 0.6) is 0 Å². The van der Waals surface area contributed by atoms with Crippen LogP contribution in [0.3, 0.4) is 0 Å². The smallest absolute Gasteiger partial charge is 0.404 e. The summed E-state index contributed by atoms with van der Waals surface area (Å²) >= 11 is 0. The van der Waals surface area contributed by atoms with Gasteiger partial charge in [0.2, 0.25) is 0 Å². The molecule has 0 radical (unpaired) electrons. The lowest BCUT2D eigenvalue weighted by atomic mass is 10.1. The van der Waals surface area contributed by atoms with E-state index in [9.17, 15) is 18.0 Å². The Bertz CT molecular complexity index is 236. The van der Waals surface area contributed by atoms with Crippen LogP contribution in [0.15, 0.2) is 0 Å². The Morgan fingerprint density at radius 2 is 1.61 bits per heavy atom. The number of carboxylic acid groups (broad SMARTS) is 1. The lowest BCUT2D eigenvalue weighted by molar-refractivity contribution is -0.191. The number of hydrogen-bond acceptors (Lipinski definition) is 2. The van der Waals surface area contributed by atoms with Crippen LogP contribution in [0.1, 0.15) is 46.0 Å². The van der Waals surface area contributed by atoms with Gasteiger partial charge in [-0.25, -0.2) is 0 Å².